The molecule has 2 aliphatic rings. The van der Waals surface area contributed by atoms with E-state index in [0.717, 1.165) is 19.3 Å². The second-order valence-corrected chi connectivity index (χ2v) is 6.30. The predicted octanol–water partition coefficient (Wildman–Crippen LogP) is 1.68. The molecule has 3 unspecified atom stereocenters. The Morgan fingerprint density at radius 3 is 2.50 bits per heavy atom. The van der Waals surface area contributed by atoms with E-state index in [1.807, 2.05) is 13.8 Å². The van der Waals surface area contributed by atoms with E-state index in [-0.39, 0.29) is 17.5 Å². The van der Waals surface area contributed by atoms with E-state index in [9.17, 15) is 14.7 Å². The predicted molar refractivity (Wildman–Crippen MR) is 67.2 cm³/mol. The van der Waals surface area contributed by atoms with Gasteiger partial charge in [0.1, 0.15) is 6.04 Å². The highest BCUT2D eigenvalue weighted by Gasteiger charge is 2.45. The summed E-state index contributed by atoms with van der Waals surface area (Å²) in [6.45, 7) is 6.46. The van der Waals surface area contributed by atoms with Crippen molar-refractivity contribution < 1.29 is 14.7 Å². The van der Waals surface area contributed by atoms with Gasteiger partial charge >= 0.3 is 12.0 Å². The number of piperidine rings is 1. The molecule has 5 heteroatoms. The Labute approximate surface area is 108 Å². The Bertz CT molecular complexity index is 367. The molecule has 2 amide bonds. The SMILES string of the molecule is CC1CC1NC(=O)N1CCCC(C)(C)C1C(=O)O. The van der Waals surface area contributed by atoms with Crippen molar-refractivity contribution in [3.05, 3.63) is 0 Å². The summed E-state index contributed by atoms with van der Waals surface area (Å²) in [5.41, 5.74) is -0.364. The molecule has 0 aromatic carbocycles. The summed E-state index contributed by atoms with van der Waals surface area (Å²) in [5, 5.41) is 12.3. The number of urea groups is 1. The fraction of sp³-hybridized carbons (Fsp3) is 0.846. The van der Waals surface area contributed by atoms with Crippen LogP contribution in [0.25, 0.3) is 0 Å². The van der Waals surface area contributed by atoms with Crippen LogP contribution in [0.4, 0.5) is 4.79 Å². The standard InChI is InChI=1S/C13H22N2O3/c1-8-7-9(8)14-12(18)15-6-4-5-13(2,3)10(15)11(16)17/h8-10H,4-7H2,1-3H3,(H,14,18)(H,16,17). The van der Waals surface area contributed by atoms with Crippen molar-refractivity contribution in [3.8, 4) is 0 Å². The van der Waals surface area contributed by atoms with E-state index in [1.165, 1.54) is 4.90 Å². The molecule has 3 atom stereocenters. The van der Waals surface area contributed by atoms with Crippen LogP contribution in [0.1, 0.15) is 40.0 Å². The van der Waals surface area contributed by atoms with Crippen LogP contribution < -0.4 is 5.32 Å². The highest BCUT2D eigenvalue weighted by atomic mass is 16.4. The van der Waals surface area contributed by atoms with Gasteiger partial charge in [-0.2, -0.15) is 0 Å². The van der Waals surface area contributed by atoms with E-state index >= 15 is 0 Å². The average molecular weight is 254 g/mol. The van der Waals surface area contributed by atoms with Gasteiger partial charge in [0.2, 0.25) is 0 Å². The second-order valence-electron chi connectivity index (χ2n) is 6.30. The number of carboxylic acids is 1. The lowest BCUT2D eigenvalue weighted by molar-refractivity contribution is -0.148. The van der Waals surface area contributed by atoms with Crippen molar-refractivity contribution in [1.82, 2.24) is 10.2 Å². The van der Waals surface area contributed by atoms with Crippen LogP contribution in [0.2, 0.25) is 0 Å². The van der Waals surface area contributed by atoms with Gasteiger partial charge in [-0.05, 0) is 30.6 Å². The lowest BCUT2D eigenvalue weighted by Crippen LogP contribution is -2.59. The molecule has 18 heavy (non-hydrogen) atoms. The molecule has 0 radical (unpaired) electrons. The zero-order valence-corrected chi connectivity index (χ0v) is 11.3. The molecule has 0 aromatic heterocycles. The number of aliphatic carboxylic acids is 1. The Hall–Kier alpha value is -1.26. The monoisotopic (exact) mass is 254 g/mol. The van der Waals surface area contributed by atoms with Crippen LogP contribution in [0.15, 0.2) is 0 Å². The van der Waals surface area contributed by atoms with Crippen molar-refractivity contribution in [2.24, 2.45) is 11.3 Å². The molecule has 0 spiro atoms. The lowest BCUT2D eigenvalue weighted by Gasteiger charge is -2.43. The molecule has 102 valence electrons. The summed E-state index contributed by atoms with van der Waals surface area (Å²) in [7, 11) is 0. The quantitative estimate of drug-likeness (QED) is 0.787. The molecule has 1 saturated carbocycles. The van der Waals surface area contributed by atoms with Gasteiger partial charge < -0.3 is 15.3 Å². The Balaban J connectivity index is 2.08. The number of nitrogens with zero attached hydrogens (tertiary/aromatic N) is 1. The van der Waals surface area contributed by atoms with Gasteiger partial charge in [0.15, 0.2) is 0 Å². The molecule has 1 aliphatic heterocycles. The van der Waals surface area contributed by atoms with Crippen LogP contribution in [0.5, 0.6) is 0 Å². The molecule has 1 aliphatic carbocycles. The lowest BCUT2D eigenvalue weighted by atomic mass is 9.76. The fourth-order valence-corrected chi connectivity index (χ4v) is 2.84. The molecule has 0 bridgehead atoms. The minimum absolute atomic E-state index is 0.218. The molecular weight excluding hydrogens is 232 g/mol. The molecule has 2 fully saturated rings. The van der Waals surface area contributed by atoms with Gasteiger partial charge in [0.05, 0.1) is 0 Å². The average Bonchev–Trinajstić information content (AvgIpc) is 2.91. The van der Waals surface area contributed by atoms with Crippen LogP contribution in [0, 0.1) is 11.3 Å². The number of nitrogens with one attached hydrogen (secondary N) is 1. The first-order valence-corrected chi connectivity index (χ1v) is 6.63. The summed E-state index contributed by atoms with van der Waals surface area (Å²) < 4.78 is 0. The number of amides is 2. The molecule has 2 rings (SSSR count). The zero-order chi connectivity index (χ0) is 13.5. The van der Waals surface area contributed by atoms with Gasteiger partial charge in [0, 0.05) is 12.6 Å². The molecule has 5 nitrogen and oxygen atoms in total. The number of hydrogen-bond donors (Lipinski definition) is 2. The molecular formula is C13H22N2O3. The molecule has 0 aromatic rings. The summed E-state index contributed by atoms with van der Waals surface area (Å²) in [6, 6.07) is -0.707. The minimum atomic E-state index is -0.904. The van der Waals surface area contributed by atoms with Crippen LogP contribution >= 0.6 is 0 Å². The van der Waals surface area contributed by atoms with Crippen LogP contribution in [-0.4, -0.2) is 40.6 Å². The van der Waals surface area contributed by atoms with E-state index in [4.69, 9.17) is 0 Å². The number of carbonyl (C=O) groups excluding carboxylic acids is 1. The minimum Gasteiger partial charge on any atom is -0.480 e. The van der Waals surface area contributed by atoms with E-state index in [0.29, 0.717) is 12.5 Å². The van der Waals surface area contributed by atoms with Gasteiger partial charge in [-0.15, -0.1) is 0 Å². The maximum absolute atomic E-state index is 12.1. The molecule has 1 saturated heterocycles. The van der Waals surface area contributed by atoms with Gasteiger partial charge in [0.25, 0.3) is 0 Å². The summed E-state index contributed by atoms with van der Waals surface area (Å²) in [4.78, 5) is 25.1. The highest BCUT2D eigenvalue weighted by Crippen LogP contribution is 2.36. The third-order valence-corrected chi connectivity index (χ3v) is 4.19. The molecule has 1 heterocycles. The highest BCUT2D eigenvalue weighted by molar-refractivity contribution is 5.84. The summed E-state index contributed by atoms with van der Waals surface area (Å²) in [6.07, 6.45) is 2.71. The first kappa shape index (κ1) is 13.2. The number of hydrogen-bond acceptors (Lipinski definition) is 2. The number of carbonyl (C=O) groups is 2. The van der Waals surface area contributed by atoms with Crippen molar-refractivity contribution in [3.63, 3.8) is 0 Å². The first-order chi connectivity index (χ1) is 8.33. The molecule has 2 N–H and O–H groups in total. The number of rotatable bonds is 2. The zero-order valence-electron chi connectivity index (χ0n) is 11.3. The summed E-state index contributed by atoms with van der Waals surface area (Å²) >= 11 is 0. The van der Waals surface area contributed by atoms with Crippen LogP contribution in [-0.2, 0) is 4.79 Å². The summed E-state index contributed by atoms with van der Waals surface area (Å²) in [5.74, 6) is -0.381. The first-order valence-electron chi connectivity index (χ1n) is 6.63. The Morgan fingerprint density at radius 1 is 1.39 bits per heavy atom. The van der Waals surface area contributed by atoms with Gasteiger partial charge in [-0.1, -0.05) is 20.8 Å². The van der Waals surface area contributed by atoms with Crippen molar-refractivity contribution in [2.45, 2.75) is 52.1 Å². The van der Waals surface area contributed by atoms with E-state index in [1.54, 1.807) is 0 Å². The second kappa shape index (κ2) is 4.44. The van der Waals surface area contributed by atoms with E-state index in [2.05, 4.69) is 12.2 Å². The largest absolute Gasteiger partial charge is 0.480 e. The van der Waals surface area contributed by atoms with Gasteiger partial charge in [-0.25, -0.2) is 9.59 Å². The number of likely N-dealkylation sites (tertiary alicyclic amines) is 1. The van der Waals surface area contributed by atoms with Crippen molar-refractivity contribution in [1.29, 1.82) is 0 Å². The fourth-order valence-electron chi connectivity index (χ4n) is 2.84. The van der Waals surface area contributed by atoms with Crippen LogP contribution in [0.3, 0.4) is 0 Å². The Morgan fingerprint density at radius 2 is 2.00 bits per heavy atom. The van der Waals surface area contributed by atoms with Crippen molar-refractivity contribution in [2.75, 3.05) is 6.54 Å². The topological polar surface area (TPSA) is 69.6 Å². The maximum atomic E-state index is 12.1. The number of carboxylic acid groups (broad SMARTS) is 1. The Kier molecular flexibility index (Phi) is 3.25. The maximum Gasteiger partial charge on any atom is 0.327 e. The van der Waals surface area contributed by atoms with Crippen molar-refractivity contribution >= 4 is 12.0 Å². The third-order valence-electron chi connectivity index (χ3n) is 4.19. The normalized spacial score (nSPS) is 33.9. The smallest absolute Gasteiger partial charge is 0.327 e. The van der Waals surface area contributed by atoms with Gasteiger partial charge in [-0.3, -0.25) is 0 Å². The third kappa shape index (κ3) is 2.44. The van der Waals surface area contributed by atoms with E-state index < -0.39 is 12.0 Å².